The maximum absolute atomic E-state index is 13.1. The highest BCUT2D eigenvalue weighted by Gasteiger charge is 2.32. The van der Waals surface area contributed by atoms with Crippen LogP contribution < -0.4 is 10.2 Å². The number of rotatable bonds is 5. The summed E-state index contributed by atoms with van der Waals surface area (Å²) in [6.45, 7) is 0.454. The van der Waals surface area contributed by atoms with Gasteiger partial charge in [-0.05, 0) is 55.3 Å². The Balaban J connectivity index is 1.40. The number of ether oxygens (including phenoxy) is 1. The van der Waals surface area contributed by atoms with Gasteiger partial charge in [0.1, 0.15) is 0 Å². The summed E-state index contributed by atoms with van der Waals surface area (Å²) in [5, 5.41) is 2.82. The van der Waals surface area contributed by atoms with E-state index in [1.807, 2.05) is 0 Å². The average Bonchev–Trinajstić information content (AvgIpc) is 3.11. The van der Waals surface area contributed by atoms with Gasteiger partial charge in [-0.2, -0.15) is 4.31 Å². The molecule has 33 heavy (non-hydrogen) atoms. The number of thiazole rings is 1. The number of hydrogen-bond donors (Lipinski definition) is 1. The number of benzene rings is 2. The number of esters is 1. The van der Waals surface area contributed by atoms with Gasteiger partial charge in [0.15, 0.2) is 0 Å². The van der Waals surface area contributed by atoms with E-state index in [1.54, 1.807) is 37.4 Å². The number of anilines is 1. The molecule has 1 N–H and O–H groups in total. The second-order valence-corrected chi connectivity index (χ2v) is 10.7. The van der Waals surface area contributed by atoms with Crippen LogP contribution in [0, 0.1) is 5.92 Å². The van der Waals surface area contributed by atoms with Crippen LogP contribution in [0.15, 0.2) is 52.2 Å². The van der Waals surface area contributed by atoms with Crippen LogP contribution in [0.3, 0.4) is 0 Å². The number of piperidine rings is 1. The standard InChI is InChI=1S/C22H23N3O6S2/c1-24-18-8-7-17(13-19(18)32-22(24)28)33(29,30)25-11-9-14(10-12-25)20(26)23-16-5-3-15(4-6-16)21(27)31-2/h3-8,13-14H,9-12H2,1-2H3,(H,23,26). The van der Waals surface area contributed by atoms with Crippen molar-refractivity contribution in [1.82, 2.24) is 8.87 Å². The molecule has 1 saturated heterocycles. The Morgan fingerprint density at radius 3 is 2.39 bits per heavy atom. The fourth-order valence-corrected chi connectivity index (χ4v) is 6.32. The molecule has 0 unspecified atom stereocenters. The smallest absolute Gasteiger partial charge is 0.337 e. The van der Waals surface area contributed by atoms with Crippen molar-refractivity contribution in [3.05, 3.63) is 57.7 Å². The predicted molar refractivity (Wildman–Crippen MR) is 125 cm³/mol. The van der Waals surface area contributed by atoms with Crippen LogP contribution in [-0.4, -0.2) is 49.4 Å². The van der Waals surface area contributed by atoms with Crippen molar-refractivity contribution >= 4 is 49.1 Å². The Hall–Kier alpha value is -3.02. The summed E-state index contributed by atoms with van der Waals surface area (Å²) in [6, 6.07) is 11.1. The maximum Gasteiger partial charge on any atom is 0.337 e. The molecule has 2 aromatic carbocycles. The van der Waals surface area contributed by atoms with Crippen molar-refractivity contribution in [2.24, 2.45) is 13.0 Å². The number of methoxy groups -OCH3 is 1. The van der Waals surface area contributed by atoms with E-state index in [2.05, 4.69) is 10.1 Å². The van der Waals surface area contributed by atoms with Crippen molar-refractivity contribution in [1.29, 1.82) is 0 Å². The van der Waals surface area contributed by atoms with Gasteiger partial charge in [0.05, 0.1) is 27.8 Å². The molecule has 2 heterocycles. The lowest BCUT2D eigenvalue weighted by Crippen LogP contribution is -2.41. The first-order chi connectivity index (χ1) is 15.7. The van der Waals surface area contributed by atoms with Crippen LogP contribution in [0.2, 0.25) is 0 Å². The number of carbonyl (C=O) groups excluding carboxylic acids is 2. The maximum atomic E-state index is 13.1. The van der Waals surface area contributed by atoms with Crippen molar-refractivity contribution in [3.63, 3.8) is 0 Å². The quantitative estimate of drug-likeness (QED) is 0.551. The van der Waals surface area contributed by atoms with Crippen LogP contribution in [0.25, 0.3) is 10.2 Å². The molecule has 1 aliphatic heterocycles. The highest BCUT2D eigenvalue weighted by molar-refractivity contribution is 7.89. The number of nitrogens with one attached hydrogen (secondary N) is 1. The summed E-state index contributed by atoms with van der Waals surface area (Å²) in [7, 11) is -0.777. The van der Waals surface area contributed by atoms with Gasteiger partial charge in [0.2, 0.25) is 15.9 Å². The molecule has 3 aromatic rings. The zero-order valence-corrected chi connectivity index (χ0v) is 19.7. The van der Waals surface area contributed by atoms with Gasteiger partial charge in [0, 0.05) is 31.7 Å². The number of amides is 1. The lowest BCUT2D eigenvalue weighted by molar-refractivity contribution is -0.120. The number of hydrogen-bond acceptors (Lipinski definition) is 7. The molecule has 0 atom stereocenters. The summed E-state index contributed by atoms with van der Waals surface area (Å²) < 4.78 is 34.4. The molecular weight excluding hydrogens is 466 g/mol. The molecule has 0 aliphatic carbocycles. The summed E-state index contributed by atoms with van der Waals surface area (Å²) >= 11 is 1.01. The Labute approximate surface area is 194 Å². The minimum Gasteiger partial charge on any atom is -0.465 e. The first-order valence-corrected chi connectivity index (χ1v) is 12.6. The van der Waals surface area contributed by atoms with Gasteiger partial charge in [0.25, 0.3) is 0 Å². The molecule has 0 saturated carbocycles. The van der Waals surface area contributed by atoms with E-state index < -0.39 is 16.0 Å². The third-order valence-corrected chi connectivity index (χ3v) is 8.69. The largest absolute Gasteiger partial charge is 0.465 e. The van der Waals surface area contributed by atoms with Crippen molar-refractivity contribution < 1.29 is 22.7 Å². The van der Waals surface area contributed by atoms with Crippen LogP contribution in [-0.2, 0) is 26.6 Å². The first-order valence-electron chi connectivity index (χ1n) is 10.3. The first kappa shape index (κ1) is 23.1. The average molecular weight is 490 g/mol. The van der Waals surface area contributed by atoms with E-state index in [9.17, 15) is 22.8 Å². The molecule has 1 aliphatic rings. The Morgan fingerprint density at radius 1 is 1.09 bits per heavy atom. The summed E-state index contributed by atoms with van der Waals surface area (Å²) in [6.07, 6.45) is 0.790. The summed E-state index contributed by atoms with van der Waals surface area (Å²) in [5.74, 6) is -0.964. The Bertz CT molecular complexity index is 1370. The minimum atomic E-state index is -3.73. The van der Waals surface area contributed by atoms with E-state index in [-0.39, 0.29) is 34.7 Å². The third kappa shape index (κ3) is 4.56. The van der Waals surface area contributed by atoms with Crippen molar-refractivity contribution in [3.8, 4) is 0 Å². The molecule has 9 nitrogen and oxygen atoms in total. The number of carbonyl (C=O) groups is 2. The molecule has 1 amide bonds. The van der Waals surface area contributed by atoms with Gasteiger partial charge in [-0.3, -0.25) is 9.59 Å². The van der Waals surface area contributed by atoms with E-state index in [1.165, 1.54) is 28.1 Å². The number of aryl methyl sites for hydroxylation is 1. The van der Waals surface area contributed by atoms with Gasteiger partial charge >= 0.3 is 10.8 Å². The van der Waals surface area contributed by atoms with Crippen LogP contribution in [0.4, 0.5) is 5.69 Å². The second-order valence-electron chi connectivity index (χ2n) is 7.79. The number of aromatic nitrogens is 1. The molecule has 4 rings (SSSR count). The third-order valence-electron chi connectivity index (χ3n) is 5.80. The van der Waals surface area contributed by atoms with Crippen LogP contribution >= 0.6 is 11.3 Å². The molecule has 0 bridgehead atoms. The minimum absolute atomic E-state index is 0.144. The zero-order chi connectivity index (χ0) is 23.8. The zero-order valence-electron chi connectivity index (χ0n) is 18.1. The van der Waals surface area contributed by atoms with Crippen molar-refractivity contribution in [2.45, 2.75) is 17.7 Å². The Morgan fingerprint density at radius 2 is 1.76 bits per heavy atom. The SMILES string of the molecule is COC(=O)c1ccc(NC(=O)C2CCN(S(=O)(=O)c3ccc4c(c3)sc(=O)n4C)CC2)cc1. The number of nitrogens with zero attached hydrogens (tertiary/aromatic N) is 2. The van der Waals surface area contributed by atoms with E-state index in [0.717, 1.165) is 11.3 Å². The van der Waals surface area contributed by atoms with Crippen LogP contribution in [0.1, 0.15) is 23.2 Å². The fourth-order valence-electron chi connectivity index (χ4n) is 3.83. The van der Waals surface area contributed by atoms with Gasteiger partial charge in [-0.15, -0.1) is 0 Å². The monoisotopic (exact) mass is 489 g/mol. The molecule has 11 heteroatoms. The number of sulfonamides is 1. The summed E-state index contributed by atoms with van der Waals surface area (Å²) in [4.78, 5) is 36.0. The molecule has 1 fully saturated rings. The molecule has 174 valence electrons. The lowest BCUT2D eigenvalue weighted by atomic mass is 9.97. The number of fused-ring (bicyclic) bond motifs is 1. The van der Waals surface area contributed by atoms with Crippen molar-refractivity contribution in [2.75, 3.05) is 25.5 Å². The Kier molecular flexibility index (Phi) is 6.37. The summed E-state index contributed by atoms with van der Waals surface area (Å²) in [5.41, 5.74) is 1.63. The van der Waals surface area contributed by atoms with Gasteiger partial charge in [-0.1, -0.05) is 11.3 Å². The van der Waals surface area contributed by atoms with Gasteiger partial charge < -0.3 is 14.6 Å². The fraction of sp³-hybridized carbons (Fsp3) is 0.318. The highest BCUT2D eigenvalue weighted by Crippen LogP contribution is 2.27. The highest BCUT2D eigenvalue weighted by atomic mass is 32.2. The molecular formula is C22H23N3O6S2. The topological polar surface area (TPSA) is 115 Å². The molecule has 0 radical (unpaired) electrons. The van der Waals surface area contributed by atoms with Gasteiger partial charge in [-0.25, -0.2) is 13.2 Å². The van der Waals surface area contributed by atoms with E-state index in [4.69, 9.17) is 0 Å². The second kappa shape index (κ2) is 9.08. The molecule has 0 spiro atoms. The molecule has 1 aromatic heterocycles. The normalized spacial score (nSPS) is 15.5. The van der Waals surface area contributed by atoms with E-state index >= 15 is 0 Å². The van der Waals surface area contributed by atoms with E-state index in [0.29, 0.717) is 34.3 Å². The lowest BCUT2D eigenvalue weighted by Gasteiger charge is -2.30. The van der Waals surface area contributed by atoms with Crippen LogP contribution in [0.5, 0.6) is 0 Å². The predicted octanol–water partition coefficient (Wildman–Crippen LogP) is 2.43.